The molecule has 0 heterocycles. The van der Waals surface area contributed by atoms with Crippen LogP contribution in [0, 0.1) is 0 Å². The maximum Gasteiger partial charge on any atom is 0.258 e. The van der Waals surface area contributed by atoms with Gasteiger partial charge in [0, 0.05) is 27.8 Å². The number of carbonyl (C=O) groups is 2. The second kappa shape index (κ2) is 10.4. The summed E-state index contributed by atoms with van der Waals surface area (Å²) in [7, 11) is 0. The molecule has 0 aliphatic carbocycles. The fourth-order valence-electron chi connectivity index (χ4n) is 2.82. The van der Waals surface area contributed by atoms with E-state index >= 15 is 0 Å². The van der Waals surface area contributed by atoms with Gasteiger partial charge < -0.3 is 16.0 Å². The standard InChI is InChI=1S/C22H19BrN4O2S2/c1-2-19(28)26-21(30)24-13-9-11-14(12-10-13)25-22(31)27-20(29)17-7-3-6-16-15(17)5-4-8-18(16)23/h3-12H,2H2,1H3,(H2,24,26,28,30)(H2,25,27,29,31). The van der Waals surface area contributed by atoms with Crippen molar-refractivity contribution in [2.75, 3.05) is 10.6 Å². The molecule has 0 aliphatic rings. The van der Waals surface area contributed by atoms with Crippen LogP contribution in [0.3, 0.4) is 0 Å². The van der Waals surface area contributed by atoms with Crippen molar-refractivity contribution in [3.05, 3.63) is 70.7 Å². The van der Waals surface area contributed by atoms with E-state index in [0.29, 0.717) is 23.4 Å². The van der Waals surface area contributed by atoms with Gasteiger partial charge in [-0.25, -0.2) is 0 Å². The van der Waals surface area contributed by atoms with E-state index in [1.807, 2.05) is 30.3 Å². The van der Waals surface area contributed by atoms with E-state index in [4.69, 9.17) is 24.4 Å². The molecular weight excluding hydrogens is 496 g/mol. The molecule has 0 unspecified atom stereocenters. The quantitative estimate of drug-likeness (QED) is 0.368. The highest BCUT2D eigenvalue weighted by Crippen LogP contribution is 2.26. The van der Waals surface area contributed by atoms with Gasteiger partial charge in [0.2, 0.25) is 5.91 Å². The molecule has 0 saturated carbocycles. The van der Waals surface area contributed by atoms with Gasteiger partial charge in [0.15, 0.2) is 10.2 Å². The summed E-state index contributed by atoms with van der Waals surface area (Å²) in [5.41, 5.74) is 1.94. The van der Waals surface area contributed by atoms with Crippen molar-refractivity contribution in [1.29, 1.82) is 0 Å². The number of fused-ring (bicyclic) bond motifs is 1. The zero-order valence-corrected chi connectivity index (χ0v) is 19.7. The number of anilines is 2. The molecule has 0 bridgehead atoms. The maximum atomic E-state index is 12.7. The van der Waals surface area contributed by atoms with Crippen molar-refractivity contribution < 1.29 is 9.59 Å². The molecule has 0 fully saturated rings. The summed E-state index contributed by atoms with van der Waals surface area (Å²) in [6.45, 7) is 1.75. The molecule has 31 heavy (non-hydrogen) atoms. The molecule has 3 aromatic carbocycles. The van der Waals surface area contributed by atoms with Crippen LogP contribution in [-0.4, -0.2) is 22.0 Å². The topological polar surface area (TPSA) is 82.3 Å². The number of hydrogen-bond donors (Lipinski definition) is 4. The zero-order valence-electron chi connectivity index (χ0n) is 16.5. The minimum atomic E-state index is -0.295. The maximum absolute atomic E-state index is 12.7. The Morgan fingerprint density at radius 2 is 1.35 bits per heavy atom. The average molecular weight is 515 g/mol. The molecule has 4 N–H and O–H groups in total. The Hall–Kier alpha value is -2.88. The summed E-state index contributed by atoms with van der Waals surface area (Å²) in [5.74, 6) is -0.452. The van der Waals surface area contributed by atoms with Crippen LogP contribution in [0.4, 0.5) is 11.4 Å². The summed E-state index contributed by atoms with van der Waals surface area (Å²) in [4.78, 5) is 24.1. The van der Waals surface area contributed by atoms with Gasteiger partial charge in [-0.05, 0) is 71.6 Å². The predicted octanol–water partition coefficient (Wildman–Crippen LogP) is 4.95. The number of rotatable bonds is 4. The van der Waals surface area contributed by atoms with E-state index in [-0.39, 0.29) is 22.0 Å². The number of thiocarbonyl (C=S) groups is 2. The van der Waals surface area contributed by atoms with Gasteiger partial charge in [0.25, 0.3) is 5.91 Å². The Bertz CT molecular complexity index is 1170. The van der Waals surface area contributed by atoms with E-state index in [1.54, 1.807) is 37.3 Å². The third kappa shape index (κ3) is 6.06. The largest absolute Gasteiger partial charge is 0.332 e. The monoisotopic (exact) mass is 514 g/mol. The average Bonchev–Trinajstić information content (AvgIpc) is 2.74. The molecule has 6 nitrogen and oxygen atoms in total. The summed E-state index contributed by atoms with van der Waals surface area (Å²) >= 11 is 13.9. The van der Waals surface area contributed by atoms with Crippen LogP contribution in [0.15, 0.2) is 65.1 Å². The molecule has 2 amide bonds. The van der Waals surface area contributed by atoms with Gasteiger partial charge in [0.05, 0.1) is 0 Å². The van der Waals surface area contributed by atoms with Crippen molar-refractivity contribution in [2.24, 2.45) is 0 Å². The van der Waals surface area contributed by atoms with Crippen molar-refractivity contribution >= 4 is 84.6 Å². The molecule has 158 valence electrons. The Balaban J connectivity index is 1.61. The molecular formula is C22H19BrN4O2S2. The molecule has 0 atom stereocenters. The van der Waals surface area contributed by atoms with E-state index in [2.05, 4.69) is 37.2 Å². The first-order valence-corrected chi connectivity index (χ1v) is 11.0. The molecule has 3 rings (SSSR count). The molecule has 3 aromatic rings. The molecule has 0 aliphatic heterocycles. The smallest absolute Gasteiger partial charge is 0.258 e. The molecule has 0 spiro atoms. The van der Waals surface area contributed by atoms with Crippen LogP contribution in [0.2, 0.25) is 0 Å². The van der Waals surface area contributed by atoms with Crippen LogP contribution in [0.1, 0.15) is 23.7 Å². The fraction of sp³-hybridized carbons (Fsp3) is 0.0909. The summed E-state index contributed by atoms with van der Waals surface area (Å²) in [6, 6.07) is 18.4. The highest BCUT2D eigenvalue weighted by molar-refractivity contribution is 9.10. The summed E-state index contributed by atoms with van der Waals surface area (Å²) in [6.07, 6.45) is 0.351. The first kappa shape index (κ1) is 22.8. The third-order valence-corrected chi connectivity index (χ3v) is 5.42. The summed E-state index contributed by atoms with van der Waals surface area (Å²) in [5, 5.41) is 13.4. The first-order valence-electron chi connectivity index (χ1n) is 9.38. The van der Waals surface area contributed by atoms with Crippen LogP contribution in [0.25, 0.3) is 10.8 Å². The minimum Gasteiger partial charge on any atom is -0.332 e. The Kier molecular flexibility index (Phi) is 7.67. The second-order valence-electron chi connectivity index (χ2n) is 6.48. The second-order valence-corrected chi connectivity index (χ2v) is 8.15. The zero-order chi connectivity index (χ0) is 22.4. The normalized spacial score (nSPS) is 10.3. The number of halogens is 1. The minimum absolute atomic E-state index is 0.157. The number of benzene rings is 3. The Morgan fingerprint density at radius 3 is 1.97 bits per heavy atom. The summed E-state index contributed by atoms with van der Waals surface area (Å²) < 4.78 is 0.919. The molecule has 0 radical (unpaired) electrons. The number of carbonyl (C=O) groups excluding carboxylic acids is 2. The van der Waals surface area contributed by atoms with Crippen LogP contribution < -0.4 is 21.3 Å². The van der Waals surface area contributed by atoms with Crippen molar-refractivity contribution in [1.82, 2.24) is 10.6 Å². The number of hydrogen-bond acceptors (Lipinski definition) is 4. The van der Waals surface area contributed by atoms with Crippen molar-refractivity contribution in [3.63, 3.8) is 0 Å². The van der Waals surface area contributed by atoms with E-state index in [9.17, 15) is 9.59 Å². The Morgan fingerprint density at radius 1 is 0.806 bits per heavy atom. The van der Waals surface area contributed by atoms with Crippen molar-refractivity contribution in [3.8, 4) is 0 Å². The first-order chi connectivity index (χ1) is 14.9. The lowest BCUT2D eigenvalue weighted by molar-refractivity contribution is -0.119. The van der Waals surface area contributed by atoms with E-state index in [0.717, 1.165) is 15.2 Å². The lowest BCUT2D eigenvalue weighted by Gasteiger charge is -2.12. The SMILES string of the molecule is CCC(=O)NC(=S)Nc1ccc(NC(=S)NC(=O)c2cccc3c(Br)cccc23)cc1. The van der Waals surface area contributed by atoms with Crippen LogP contribution in [-0.2, 0) is 4.79 Å². The lowest BCUT2D eigenvalue weighted by Crippen LogP contribution is -2.34. The predicted molar refractivity (Wildman–Crippen MR) is 136 cm³/mol. The molecule has 9 heteroatoms. The highest BCUT2D eigenvalue weighted by Gasteiger charge is 2.12. The molecule has 0 saturated heterocycles. The third-order valence-electron chi connectivity index (χ3n) is 4.32. The fourth-order valence-corrected chi connectivity index (χ4v) is 3.76. The van der Waals surface area contributed by atoms with E-state index in [1.165, 1.54) is 0 Å². The van der Waals surface area contributed by atoms with Crippen LogP contribution in [0.5, 0.6) is 0 Å². The van der Waals surface area contributed by atoms with Gasteiger partial charge in [-0.3, -0.25) is 14.9 Å². The van der Waals surface area contributed by atoms with Gasteiger partial charge >= 0.3 is 0 Å². The van der Waals surface area contributed by atoms with Crippen molar-refractivity contribution in [2.45, 2.75) is 13.3 Å². The van der Waals surface area contributed by atoms with Gasteiger partial charge in [-0.15, -0.1) is 0 Å². The highest BCUT2D eigenvalue weighted by atomic mass is 79.9. The number of amides is 2. The van der Waals surface area contributed by atoms with Gasteiger partial charge in [0.1, 0.15) is 0 Å². The Labute approximate surface area is 198 Å². The number of nitrogens with one attached hydrogen (secondary N) is 4. The van der Waals surface area contributed by atoms with Gasteiger partial charge in [-0.1, -0.05) is 47.1 Å². The molecule has 0 aromatic heterocycles. The lowest BCUT2D eigenvalue weighted by atomic mass is 10.0. The van der Waals surface area contributed by atoms with Gasteiger partial charge in [-0.2, -0.15) is 0 Å². The van der Waals surface area contributed by atoms with Crippen LogP contribution >= 0.6 is 40.4 Å². The van der Waals surface area contributed by atoms with E-state index < -0.39 is 0 Å².